The van der Waals surface area contributed by atoms with Gasteiger partial charge in [-0.3, -0.25) is 0 Å². The summed E-state index contributed by atoms with van der Waals surface area (Å²) >= 11 is 5.99. The third kappa shape index (κ3) is 3.20. The van der Waals surface area contributed by atoms with Gasteiger partial charge < -0.3 is 4.74 Å². The van der Waals surface area contributed by atoms with Crippen molar-refractivity contribution in [2.75, 3.05) is 0 Å². The van der Waals surface area contributed by atoms with Gasteiger partial charge in [-0.1, -0.05) is 60.1 Å². The zero-order valence-electron chi connectivity index (χ0n) is 12.1. The molecule has 0 radical (unpaired) electrons. The number of hydrogen-bond acceptors (Lipinski definition) is 1. The molecule has 2 heteroatoms. The third-order valence-corrected chi connectivity index (χ3v) is 4.30. The molecule has 1 aliphatic rings. The van der Waals surface area contributed by atoms with Crippen LogP contribution in [-0.2, 0) is 4.74 Å². The van der Waals surface area contributed by atoms with Crippen molar-refractivity contribution in [2.24, 2.45) is 0 Å². The van der Waals surface area contributed by atoms with Crippen LogP contribution < -0.4 is 0 Å². The Labute approximate surface area is 131 Å². The van der Waals surface area contributed by atoms with E-state index in [2.05, 4.69) is 49.4 Å². The predicted octanol–water partition coefficient (Wildman–Crippen LogP) is 5.88. The molecule has 3 rings (SSSR count). The van der Waals surface area contributed by atoms with E-state index in [1.807, 2.05) is 18.2 Å². The summed E-state index contributed by atoms with van der Waals surface area (Å²) in [5.74, 6) is 0. The van der Waals surface area contributed by atoms with Crippen molar-refractivity contribution in [3.8, 4) is 0 Å². The van der Waals surface area contributed by atoms with Crippen molar-refractivity contribution in [3.63, 3.8) is 0 Å². The van der Waals surface area contributed by atoms with Gasteiger partial charge in [0.1, 0.15) is 6.10 Å². The second-order valence-electron chi connectivity index (χ2n) is 5.37. The van der Waals surface area contributed by atoms with E-state index in [4.69, 9.17) is 16.3 Å². The topological polar surface area (TPSA) is 9.23 Å². The molecule has 1 heterocycles. The number of allylic oxidation sites excluding steroid dienone is 1. The number of benzene rings is 2. The van der Waals surface area contributed by atoms with Crippen molar-refractivity contribution in [3.05, 3.63) is 82.4 Å². The molecule has 2 atom stereocenters. The molecule has 1 nitrogen and oxygen atoms in total. The van der Waals surface area contributed by atoms with Gasteiger partial charge in [-0.25, -0.2) is 0 Å². The lowest BCUT2D eigenvalue weighted by atomic mass is 9.90. The van der Waals surface area contributed by atoms with Gasteiger partial charge in [0.25, 0.3) is 0 Å². The first-order chi connectivity index (χ1) is 10.3. The van der Waals surface area contributed by atoms with E-state index in [0.29, 0.717) is 0 Å². The van der Waals surface area contributed by atoms with Crippen LogP contribution in [0.5, 0.6) is 0 Å². The molecule has 0 amide bonds. The fourth-order valence-electron chi connectivity index (χ4n) is 2.89. The fraction of sp³-hybridized carbons (Fsp3) is 0.263. The van der Waals surface area contributed by atoms with E-state index < -0.39 is 0 Å². The number of rotatable bonds is 2. The second-order valence-corrected chi connectivity index (χ2v) is 5.81. The lowest BCUT2D eigenvalue weighted by Gasteiger charge is -2.33. The summed E-state index contributed by atoms with van der Waals surface area (Å²) in [5, 5.41) is 0.760. The summed E-state index contributed by atoms with van der Waals surface area (Å²) in [4.78, 5) is 0. The minimum atomic E-state index is 0.0335. The number of hydrogen-bond donors (Lipinski definition) is 0. The van der Waals surface area contributed by atoms with Crippen molar-refractivity contribution < 1.29 is 4.74 Å². The molecule has 0 aliphatic carbocycles. The first-order valence-corrected chi connectivity index (χ1v) is 7.76. The highest BCUT2D eigenvalue weighted by Crippen LogP contribution is 2.41. The minimum Gasteiger partial charge on any atom is -0.361 e. The maximum absolute atomic E-state index is 6.39. The zero-order valence-corrected chi connectivity index (χ0v) is 12.9. The van der Waals surface area contributed by atoms with Gasteiger partial charge in [0.05, 0.1) is 6.10 Å². The molecule has 2 aromatic carbocycles. The third-order valence-electron chi connectivity index (χ3n) is 4.05. The molecule has 1 saturated heterocycles. The normalized spacial score (nSPS) is 24.2. The van der Waals surface area contributed by atoms with Crippen LogP contribution in [-0.4, -0.2) is 0 Å². The van der Waals surface area contributed by atoms with Crippen LogP contribution in [0.2, 0.25) is 5.02 Å². The molecule has 0 N–H and O–H groups in total. The van der Waals surface area contributed by atoms with Gasteiger partial charge in [0.2, 0.25) is 0 Å². The Morgan fingerprint density at radius 1 is 1.00 bits per heavy atom. The van der Waals surface area contributed by atoms with Crippen LogP contribution in [0, 0.1) is 0 Å². The van der Waals surface area contributed by atoms with E-state index in [9.17, 15) is 0 Å². The van der Waals surface area contributed by atoms with Gasteiger partial charge >= 0.3 is 0 Å². The quantitative estimate of drug-likeness (QED) is 0.629. The van der Waals surface area contributed by atoms with Gasteiger partial charge in [0, 0.05) is 5.02 Å². The molecule has 0 spiro atoms. The molecule has 0 aromatic heterocycles. The van der Waals surface area contributed by atoms with Crippen molar-refractivity contribution >= 4 is 11.6 Å². The van der Waals surface area contributed by atoms with Gasteiger partial charge in [-0.2, -0.15) is 0 Å². The van der Waals surface area contributed by atoms with Crippen LogP contribution in [0.3, 0.4) is 0 Å². The zero-order chi connectivity index (χ0) is 14.7. The van der Waals surface area contributed by atoms with Crippen LogP contribution in [0.25, 0.3) is 0 Å². The summed E-state index contributed by atoms with van der Waals surface area (Å²) in [7, 11) is 0. The lowest BCUT2D eigenvalue weighted by molar-refractivity contribution is -0.0223. The summed E-state index contributed by atoms with van der Waals surface area (Å²) in [6, 6.07) is 18.4. The van der Waals surface area contributed by atoms with Crippen LogP contribution in [0.15, 0.2) is 66.2 Å². The van der Waals surface area contributed by atoms with E-state index in [-0.39, 0.29) is 12.2 Å². The predicted molar refractivity (Wildman–Crippen MR) is 87.5 cm³/mol. The molecule has 0 saturated carbocycles. The van der Waals surface area contributed by atoms with Crippen LogP contribution in [0.1, 0.15) is 43.1 Å². The van der Waals surface area contributed by atoms with Crippen LogP contribution >= 0.6 is 11.6 Å². The second kappa shape index (κ2) is 6.46. The monoisotopic (exact) mass is 298 g/mol. The highest BCUT2D eigenvalue weighted by Gasteiger charge is 2.28. The minimum absolute atomic E-state index is 0.0335. The summed E-state index contributed by atoms with van der Waals surface area (Å²) in [6.07, 6.45) is 4.49. The Kier molecular flexibility index (Phi) is 4.42. The lowest BCUT2D eigenvalue weighted by Crippen LogP contribution is -2.18. The molecule has 108 valence electrons. The van der Waals surface area contributed by atoms with E-state index in [1.165, 1.54) is 16.7 Å². The van der Waals surface area contributed by atoms with Gasteiger partial charge in [0.15, 0.2) is 0 Å². The molecule has 1 aliphatic heterocycles. The molecule has 21 heavy (non-hydrogen) atoms. The van der Waals surface area contributed by atoms with E-state index in [1.54, 1.807) is 0 Å². The van der Waals surface area contributed by atoms with Gasteiger partial charge in [-0.05, 0) is 48.6 Å². The average molecular weight is 299 g/mol. The standard InChI is InChI=1S/C19H19ClO/c1-2-14-10-13-18(15-6-4-3-5-7-15)21-19(14)16-8-11-17(20)12-9-16/h2-9,11-12,18-19H,10,13H2,1H3/b14-2+. The van der Waals surface area contributed by atoms with Gasteiger partial charge in [-0.15, -0.1) is 0 Å². The molecular formula is C19H19ClO. The highest BCUT2D eigenvalue weighted by molar-refractivity contribution is 6.30. The molecular weight excluding hydrogens is 280 g/mol. The van der Waals surface area contributed by atoms with E-state index >= 15 is 0 Å². The highest BCUT2D eigenvalue weighted by atomic mass is 35.5. The number of ether oxygens (including phenoxy) is 1. The average Bonchev–Trinajstić information content (AvgIpc) is 2.56. The number of halogens is 1. The summed E-state index contributed by atoms with van der Waals surface area (Å²) in [6.45, 7) is 2.09. The Balaban J connectivity index is 1.87. The van der Waals surface area contributed by atoms with Crippen molar-refractivity contribution in [2.45, 2.75) is 32.0 Å². The maximum atomic E-state index is 6.39. The smallest absolute Gasteiger partial charge is 0.104 e. The maximum Gasteiger partial charge on any atom is 0.104 e. The first-order valence-electron chi connectivity index (χ1n) is 7.39. The Hall–Kier alpha value is -1.57. The SMILES string of the molecule is C/C=C1\CCC(c2ccccc2)OC1c1ccc(Cl)cc1. The van der Waals surface area contributed by atoms with E-state index in [0.717, 1.165) is 17.9 Å². The molecule has 0 bridgehead atoms. The van der Waals surface area contributed by atoms with Crippen LogP contribution in [0.4, 0.5) is 0 Å². The molecule has 2 unspecified atom stereocenters. The molecule has 1 fully saturated rings. The fourth-order valence-corrected chi connectivity index (χ4v) is 3.01. The largest absolute Gasteiger partial charge is 0.361 e. The summed E-state index contributed by atoms with van der Waals surface area (Å²) in [5.41, 5.74) is 3.78. The van der Waals surface area contributed by atoms with Crippen molar-refractivity contribution in [1.82, 2.24) is 0 Å². The first kappa shape index (κ1) is 14.4. The Morgan fingerprint density at radius 2 is 1.71 bits per heavy atom. The summed E-state index contributed by atoms with van der Waals surface area (Å²) < 4.78 is 6.39. The molecule has 2 aromatic rings. The van der Waals surface area contributed by atoms with Crippen molar-refractivity contribution in [1.29, 1.82) is 0 Å². The Morgan fingerprint density at radius 3 is 2.38 bits per heavy atom. The Bertz CT molecular complexity index is 616.